The van der Waals surface area contributed by atoms with Gasteiger partial charge in [-0.2, -0.15) is 0 Å². The van der Waals surface area contributed by atoms with Gasteiger partial charge in [0.05, 0.1) is 13.2 Å². The van der Waals surface area contributed by atoms with Crippen molar-refractivity contribution in [3.8, 4) is 17.2 Å². The molecule has 1 heterocycles. The highest BCUT2D eigenvalue weighted by Crippen LogP contribution is 2.26. The number of likely N-dealkylation sites (N-methyl/N-ethyl adjacent to an activating group) is 1. The van der Waals surface area contributed by atoms with E-state index in [4.69, 9.17) is 18.9 Å². The highest BCUT2D eigenvalue weighted by atomic mass is 16.5. The standard InChI is InChI=1S/C27H38N2O5/c1-3-32-25-10-4-5-11-26(25)34-16-7-12-27(30)28-21-22-8-6-9-24(20-22)33-19-15-29(2)23-13-17-31-18-14-23/h4-6,8-11,20,23H,3,7,12-19,21H2,1-2H3,(H,28,30). The number of benzene rings is 2. The summed E-state index contributed by atoms with van der Waals surface area (Å²) in [4.78, 5) is 14.6. The Kier molecular flexibility index (Phi) is 11.0. The number of carbonyl (C=O) groups excluding carboxylic acids is 1. The van der Waals surface area contributed by atoms with Crippen molar-refractivity contribution in [2.24, 2.45) is 0 Å². The van der Waals surface area contributed by atoms with E-state index in [2.05, 4.69) is 17.3 Å². The van der Waals surface area contributed by atoms with Crippen molar-refractivity contribution in [1.82, 2.24) is 10.2 Å². The van der Waals surface area contributed by atoms with Gasteiger partial charge in [0.2, 0.25) is 5.91 Å². The quantitative estimate of drug-likeness (QED) is 0.420. The SMILES string of the molecule is CCOc1ccccc1OCCCC(=O)NCc1cccc(OCCN(C)C2CCOCC2)c1. The van der Waals surface area contributed by atoms with Gasteiger partial charge in [0, 0.05) is 38.8 Å². The number of rotatable bonds is 14. The average molecular weight is 471 g/mol. The van der Waals surface area contributed by atoms with Crippen molar-refractivity contribution in [3.05, 3.63) is 54.1 Å². The van der Waals surface area contributed by atoms with Crippen LogP contribution < -0.4 is 19.5 Å². The van der Waals surface area contributed by atoms with Gasteiger partial charge in [-0.05, 0) is 63.1 Å². The molecule has 0 saturated carbocycles. The summed E-state index contributed by atoms with van der Waals surface area (Å²) >= 11 is 0. The maximum Gasteiger partial charge on any atom is 0.220 e. The highest BCUT2D eigenvalue weighted by molar-refractivity contribution is 5.75. The predicted octanol–water partition coefficient (Wildman–Crippen LogP) is 4.05. The lowest BCUT2D eigenvalue weighted by Gasteiger charge is -2.31. The molecule has 1 fully saturated rings. The molecular weight excluding hydrogens is 432 g/mol. The molecule has 0 radical (unpaired) electrons. The van der Waals surface area contributed by atoms with E-state index in [1.165, 1.54) is 0 Å². The third-order valence-electron chi connectivity index (χ3n) is 5.87. The fourth-order valence-corrected chi connectivity index (χ4v) is 3.91. The first-order valence-corrected chi connectivity index (χ1v) is 12.3. The minimum atomic E-state index is 0.00565. The van der Waals surface area contributed by atoms with Crippen molar-refractivity contribution >= 4 is 5.91 Å². The molecule has 0 aromatic heterocycles. The molecule has 1 saturated heterocycles. The van der Waals surface area contributed by atoms with E-state index in [9.17, 15) is 4.79 Å². The molecule has 1 N–H and O–H groups in total. The minimum absolute atomic E-state index is 0.00565. The van der Waals surface area contributed by atoms with Gasteiger partial charge in [-0.1, -0.05) is 24.3 Å². The molecule has 0 bridgehead atoms. The van der Waals surface area contributed by atoms with Crippen molar-refractivity contribution < 1.29 is 23.7 Å². The molecule has 0 aliphatic carbocycles. The topological polar surface area (TPSA) is 69.3 Å². The number of amides is 1. The molecule has 1 aliphatic heterocycles. The Morgan fingerprint density at radius 1 is 1.03 bits per heavy atom. The Balaban J connectivity index is 1.32. The van der Waals surface area contributed by atoms with Crippen LogP contribution in [0.5, 0.6) is 17.2 Å². The van der Waals surface area contributed by atoms with Crippen LogP contribution in [0.3, 0.4) is 0 Å². The van der Waals surface area contributed by atoms with Crippen molar-refractivity contribution in [1.29, 1.82) is 0 Å². The number of carbonyl (C=O) groups is 1. The average Bonchev–Trinajstić information content (AvgIpc) is 2.87. The van der Waals surface area contributed by atoms with Gasteiger partial charge in [-0.25, -0.2) is 0 Å². The molecular formula is C27H38N2O5. The molecule has 0 spiro atoms. The van der Waals surface area contributed by atoms with E-state index in [0.717, 1.165) is 49.7 Å². The fourth-order valence-electron chi connectivity index (χ4n) is 3.91. The number of hydrogen-bond donors (Lipinski definition) is 1. The first-order chi connectivity index (χ1) is 16.7. The van der Waals surface area contributed by atoms with Crippen LogP contribution in [0.4, 0.5) is 0 Å². The van der Waals surface area contributed by atoms with Crippen LogP contribution in [0.2, 0.25) is 0 Å². The third-order valence-corrected chi connectivity index (χ3v) is 5.87. The monoisotopic (exact) mass is 470 g/mol. The first-order valence-electron chi connectivity index (χ1n) is 12.3. The largest absolute Gasteiger partial charge is 0.492 e. The Labute approximate surface area is 203 Å². The summed E-state index contributed by atoms with van der Waals surface area (Å²) < 4.78 is 22.7. The normalized spacial score (nSPS) is 14.1. The van der Waals surface area contributed by atoms with Gasteiger partial charge < -0.3 is 24.3 Å². The minimum Gasteiger partial charge on any atom is -0.492 e. The molecule has 186 valence electrons. The molecule has 1 amide bonds. The van der Waals surface area contributed by atoms with E-state index in [1.54, 1.807) is 0 Å². The van der Waals surface area contributed by atoms with Crippen LogP contribution >= 0.6 is 0 Å². The zero-order valence-electron chi connectivity index (χ0n) is 20.5. The highest BCUT2D eigenvalue weighted by Gasteiger charge is 2.18. The Morgan fingerprint density at radius 3 is 2.56 bits per heavy atom. The second-order valence-corrected chi connectivity index (χ2v) is 8.43. The first kappa shape index (κ1) is 25.8. The summed E-state index contributed by atoms with van der Waals surface area (Å²) in [5.74, 6) is 2.27. The van der Waals surface area contributed by atoms with Gasteiger partial charge in [0.15, 0.2) is 11.5 Å². The van der Waals surface area contributed by atoms with Crippen LogP contribution in [0.15, 0.2) is 48.5 Å². The van der Waals surface area contributed by atoms with Crippen LogP contribution in [0, 0.1) is 0 Å². The molecule has 2 aromatic carbocycles. The van der Waals surface area contributed by atoms with Gasteiger partial charge in [0.25, 0.3) is 0 Å². The van der Waals surface area contributed by atoms with E-state index >= 15 is 0 Å². The molecule has 1 aliphatic rings. The van der Waals surface area contributed by atoms with Crippen LogP contribution in [0.25, 0.3) is 0 Å². The molecule has 3 rings (SSSR count). The lowest BCUT2D eigenvalue weighted by Crippen LogP contribution is -2.38. The smallest absolute Gasteiger partial charge is 0.220 e. The second kappa shape index (κ2) is 14.5. The number of hydrogen-bond acceptors (Lipinski definition) is 6. The molecule has 7 nitrogen and oxygen atoms in total. The van der Waals surface area contributed by atoms with Crippen molar-refractivity contribution in [2.45, 2.75) is 45.2 Å². The molecule has 0 atom stereocenters. The maximum absolute atomic E-state index is 12.2. The van der Waals surface area contributed by atoms with E-state index < -0.39 is 0 Å². The van der Waals surface area contributed by atoms with Crippen LogP contribution in [0.1, 0.15) is 38.2 Å². The van der Waals surface area contributed by atoms with Gasteiger partial charge in [-0.3, -0.25) is 9.69 Å². The summed E-state index contributed by atoms with van der Waals surface area (Å²) in [6.07, 6.45) is 3.21. The lowest BCUT2D eigenvalue weighted by molar-refractivity contribution is -0.121. The Bertz CT molecular complexity index is 870. The van der Waals surface area contributed by atoms with Crippen LogP contribution in [-0.2, 0) is 16.1 Å². The number of nitrogens with zero attached hydrogens (tertiary/aromatic N) is 1. The van der Waals surface area contributed by atoms with Gasteiger partial charge in [-0.15, -0.1) is 0 Å². The molecule has 0 unspecified atom stereocenters. The summed E-state index contributed by atoms with van der Waals surface area (Å²) in [6.45, 7) is 6.67. The molecule has 7 heteroatoms. The summed E-state index contributed by atoms with van der Waals surface area (Å²) in [6, 6.07) is 16.1. The van der Waals surface area contributed by atoms with Crippen LogP contribution in [-0.4, -0.2) is 63.5 Å². The summed E-state index contributed by atoms with van der Waals surface area (Å²) in [5, 5.41) is 2.98. The second-order valence-electron chi connectivity index (χ2n) is 8.43. The zero-order valence-corrected chi connectivity index (χ0v) is 20.5. The summed E-state index contributed by atoms with van der Waals surface area (Å²) in [7, 11) is 2.15. The Hall–Kier alpha value is -2.77. The summed E-state index contributed by atoms with van der Waals surface area (Å²) in [5.41, 5.74) is 1.02. The van der Waals surface area contributed by atoms with Crippen molar-refractivity contribution in [2.75, 3.05) is 46.6 Å². The predicted molar refractivity (Wildman–Crippen MR) is 133 cm³/mol. The number of ether oxygens (including phenoxy) is 4. The van der Waals surface area contributed by atoms with Gasteiger partial charge in [0.1, 0.15) is 12.4 Å². The molecule has 34 heavy (non-hydrogen) atoms. The van der Waals surface area contributed by atoms with E-state index in [-0.39, 0.29) is 5.91 Å². The molecule has 2 aromatic rings. The van der Waals surface area contributed by atoms with E-state index in [0.29, 0.717) is 51.0 Å². The van der Waals surface area contributed by atoms with Gasteiger partial charge >= 0.3 is 0 Å². The Morgan fingerprint density at radius 2 is 1.79 bits per heavy atom. The van der Waals surface area contributed by atoms with E-state index in [1.807, 2.05) is 55.5 Å². The maximum atomic E-state index is 12.2. The fraction of sp³-hybridized carbons (Fsp3) is 0.519. The lowest BCUT2D eigenvalue weighted by atomic mass is 10.1. The van der Waals surface area contributed by atoms with Crippen molar-refractivity contribution in [3.63, 3.8) is 0 Å². The zero-order chi connectivity index (χ0) is 24.0. The third kappa shape index (κ3) is 8.88. The number of para-hydroxylation sites is 2. The number of nitrogens with one attached hydrogen (secondary N) is 1.